The van der Waals surface area contributed by atoms with Gasteiger partial charge in [-0.25, -0.2) is 0 Å². The molecule has 19 heavy (non-hydrogen) atoms. The molecule has 0 bridgehead atoms. The second kappa shape index (κ2) is 6.51. The molecule has 1 aromatic rings. The number of likely N-dealkylation sites (tertiary alicyclic amines) is 1. The number of hydrogen-bond acceptors (Lipinski definition) is 3. The highest BCUT2D eigenvalue weighted by Crippen LogP contribution is 2.23. The Bertz CT molecular complexity index is 450. The molecule has 1 aliphatic heterocycles. The first-order valence-electron chi connectivity index (χ1n) is 6.76. The molecule has 1 aliphatic rings. The third-order valence-electron chi connectivity index (χ3n) is 3.89. The van der Waals surface area contributed by atoms with E-state index in [2.05, 4.69) is 4.90 Å². The predicted molar refractivity (Wildman–Crippen MR) is 76.6 cm³/mol. The second-order valence-electron chi connectivity index (χ2n) is 5.21. The Morgan fingerprint density at radius 2 is 2.37 bits per heavy atom. The average Bonchev–Trinajstić information content (AvgIpc) is 2.86. The molecule has 104 valence electrons. The molecule has 2 atom stereocenters. The lowest BCUT2D eigenvalue weighted by molar-refractivity contribution is 0.0861. The third-order valence-corrected chi connectivity index (χ3v) is 4.13. The number of nitrogens with zero attached hydrogens (tertiary/aromatic N) is 1. The van der Waals surface area contributed by atoms with Gasteiger partial charge < -0.3 is 5.11 Å². The van der Waals surface area contributed by atoms with Crippen LogP contribution in [0.5, 0.6) is 0 Å². The van der Waals surface area contributed by atoms with Gasteiger partial charge in [-0.2, -0.15) is 0 Å². The predicted octanol–water partition coefficient (Wildman–Crippen LogP) is 2.62. The summed E-state index contributed by atoms with van der Waals surface area (Å²) in [7, 11) is 0. The lowest BCUT2D eigenvalue weighted by Crippen LogP contribution is -2.37. The Kier molecular flexibility index (Phi) is 4.97. The quantitative estimate of drug-likeness (QED) is 0.844. The van der Waals surface area contributed by atoms with Gasteiger partial charge >= 0.3 is 0 Å². The van der Waals surface area contributed by atoms with E-state index in [-0.39, 0.29) is 18.4 Å². The summed E-state index contributed by atoms with van der Waals surface area (Å²) in [5, 5.41) is 9.56. The number of carbonyl (C=O) groups is 1. The molecule has 2 unspecified atom stereocenters. The fourth-order valence-corrected chi connectivity index (χ4v) is 2.87. The fourth-order valence-electron chi connectivity index (χ4n) is 2.68. The third kappa shape index (κ3) is 3.56. The van der Waals surface area contributed by atoms with E-state index in [1.807, 2.05) is 13.0 Å². The number of carbonyl (C=O) groups excluding carboxylic acids is 1. The Hall–Kier alpha value is -0.900. The van der Waals surface area contributed by atoms with Gasteiger partial charge in [0, 0.05) is 23.7 Å². The Morgan fingerprint density at radius 3 is 3.05 bits per heavy atom. The van der Waals surface area contributed by atoms with Gasteiger partial charge in [0.1, 0.15) is 0 Å². The summed E-state index contributed by atoms with van der Waals surface area (Å²) >= 11 is 5.92. The Balaban J connectivity index is 2.00. The molecule has 0 spiro atoms. The molecule has 0 radical (unpaired) electrons. The van der Waals surface area contributed by atoms with Crippen molar-refractivity contribution in [2.45, 2.75) is 25.8 Å². The highest BCUT2D eigenvalue weighted by molar-refractivity contribution is 6.31. The minimum absolute atomic E-state index is 0.118. The van der Waals surface area contributed by atoms with Crippen LogP contribution in [0, 0.1) is 5.92 Å². The summed E-state index contributed by atoms with van der Waals surface area (Å²) in [4.78, 5) is 14.6. The van der Waals surface area contributed by atoms with Crippen LogP contribution in [-0.2, 0) is 0 Å². The van der Waals surface area contributed by atoms with E-state index in [1.54, 1.807) is 18.2 Å². The van der Waals surface area contributed by atoms with Gasteiger partial charge in [-0.05, 0) is 44.4 Å². The number of ketones is 1. The van der Waals surface area contributed by atoms with E-state index in [4.69, 9.17) is 16.7 Å². The fraction of sp³-hybridized carbons (Fsp3) is 0.533. The van der Waals surface area contributed by atoms with Gasteiger partial charge in [-0.1, -0.05) is 23.7 Å². The highest BCUT2D eigenvalue weighted by atomic mass is 35.5. The van der Waals surface area contributed by atoms with Crippen molar-refractivity contribution in [1.82, 2.24) is 4.90 Å². The number of aliphatic hydroxyl groups is 1. The maximum absolute atomic E-state index is 12.4. The Labute approximate surface area is 119 Å². The zero-order valence-electron chi connectivity index (χ0n) is 11.2. The number of Topliss-reactive ketones (excluding diaryl/α,β-unsaturated/α-hetero) is 1. The summed E-state index contributed by atoms with van der Waals surface area (Å²) in [6, 6.07) is 6.99. The molecular weight excluding hydrogens is 262 g/mol. The Morgan fingerprint density at radius 1 is 1.58 bits per heavy atom. The number of rotatable bonds is 5. The van der Waals surface area contributed by atoms with Crippen molar-refractivity contribution < 1.29 is 9.90 Å². The molecule has 1 N–H and O–H groups in total. The molecule has 1 heterocycles. The average molecular weight is 282 g/mol. The van der Waals surface area contributed by atoms with Gasteiger partial charge in [-0.3, -0.25) is 9.69 Å². The van der Waals surface area contributed by atoms with Crippen LogP contribution in [0.15, 0.2) is 24.3 Å². The van der Waals surface area contributed by atoms with E-state index in [0.29, 0.717) is 16.5 Å². The van der Waals surface area contributed by atoms with E-state index in [0.717, 1.165) is 25.9 Å². The van der Waals surface area contributed by atoms with E-state index >= 15 is 0 Å². The van der Waals surface area contributed by atoms with Crippen LogP contribution < -0.4 is 0 Å². The topological polar surface area (TPSA) is 40.5 Å². The van der Waals surface area contributed by atoms with Gasteiger partial charge in [0.2, 0.25) is 0 Å². The zero-order chi connectivity index (χ0) is 13.8. The van der Waals surface area contributed by atoms with Crippen molar-refractivity contribution >= 4 is 17.4 Å². The van der Waals surface area contributed by atoms with Crippen LogP contribution in [0.4, 0.5) is 0 Å². The zero-order valence-corrected chi connectivity index (χ0v) is 11.9. The first-order chi connectivity index (χ1) is 9.11. The van der Waals surface area contributed by atoms with Crippen LogP contribution in [0.3, 0.4) is 0 Å². The van der Waals surface area contributed by atoms with Crippen LogP contribution in [-0.4, -0.2) is 41.5 Å². The number of halogens is 1. The molecule has 4 heteroatoms. The minimum Gasteiger partial charge on any atom is -0.396 e. The van der Waals surface area contributed by atoms with Crippen LogP contribution in [0.2, 0.25) is 5.02 Å². The van der Waals surface area contributed by atoms with Gasteiger partial charge in [0.15, 0.2) is 5.78 Å². The maximum atomic E-state index is 12.4. The lowest BCUT2D eigenvalue weighted by Gasteiger charge is -2.23. The standard InChI is InChI=1S/C15H20ClNO2/c1-11(17-7-5-12(10-17)6-8-18)15(19)13-3-2-4-14(16)9-13/h2-4,9,11-12,18H,5-8,10H2,1H3. The molecule has 1 aromatic carbocycles. The summed E-state index contributed by atoms with van der Waals surface area (Å²) in [5.41, 5.74) is 0.672. The van der Waals surface area contributed by atoms with E-state index < -0.39 is 0 Å². The van der Waals surface area contributed by atoms with Crippen LogP contribution in [0.1, 0.15) is 30.1 Å². The van der Waals surface area contributed by atoms with Gasteiger partial charge in [0.25, 0.3) is 0 Å². The van der Waals surface area contributed by atoms with Crippen molar-refractivity contribution in [2.75, 3.05) is 19.7 Å². The van der Waals surface area contributed by atoms with E-state index in [1.165, 1.54) is 0 Å². The van der Waals surface area contributed by atoms with E-state index in [9.17, 15) is 4.79 Å². The molecule has 0 aromatic heterocycles. The SMILES string of the molecule is CC(C(=O)c1cccc(Cl)c1)N1CCC(CCO)C1. The summed E-state index contributed by atoms with van der Waals surface area (Å²) in [6.07, 6.45) is 1.89. The molecule has 2 rings (SSSR count). The summed E-state index contributed by atoms with van der Waals surface area (Å²) in [6.45, 7) is 4.01. The molecule has 1 fully saturated rings. The number of benzene rings is 1. The molecule has 0 saturated carbocycles. The van der Waals surface area contributed by atoms with Crippen molar-refractivity contribution in [3.05, 3.63) is 34.9 Å². The normalized spacial score (nSPS) is 21.5. The van der Waals surface area contributed by atoms with Gasteiger partial charge in [-0.15, -0.1) is 0 Å². The highest BCUT2D eigenvalue weighted by Gasteiger charge is 2.29. The van der Waals surface area contributed by atoms with Crippen LogP contribution in [0.25, 0.3) is 0 Å². The number of hydrogen-bond donors (Lipinski definition) is 1. The molecular formula is C15H20ClNO2. The van der Waals surface area contributed by atoms with Crippen molar-refractivity contribution in [3.63, 3.8) is 0 Å². The minimum atomic E-state index is -0.123. The molecule has 1 saturated heterocycles. The first-order valence-corrected chi connectivity index (χ1v) is 7.14. The summed E-state index contributed by atoms with van der Waals surface area (Å²) in [5.74, 6) is 0.631. The molecule has 0 aliphatic carbocycles. The first kappa shape index (κ1) is 14.5. The lowest BCUT2D eigenvalue weighted by atomic mass is 10.0. The largest absolute Gasteiger partial charge is 0.396 e. The van der Waals surface area contributed by atoms with Crippen molar-refractivity contribution in [3.8, 4) is 0 Å². The molecule has 3 nitrogen and oxygen atoms in total. The monoisotopic (exact) mass is 281 g/mol. The number of aliphatic hydroxyl groups excluding tert-OH is 1. The smallest absolute Gasteiger partial charge is 0.179 e. The second-order valence-corrected chi connectivity index (χ2v) is 5.65. The maximum Gasteiger partial charge on any atom is 0.179 e. The van der Waals surface area contributed by atoms with Crippen molar-refractivity contribution in [2.24, 2.45) is 5.92 Å². The molecule has 0 amide bonds. The van der Waals surface area contributed by atoms with Crippen molar-refractivity contribution in [1.29, 1.82) is 0 Å². The van der Waals surface area contributed by atoms with Gasteiger partial charge in [0.05, 0.1) is 6.04 Å². The van der Waals surface area contributed by atoms with Crippen LogP contribution >= 0.6 is 11.6 Å². The summed E-state index contributed by atoms with van der Waals surface area (Å²) < 4.78 is 0.